The number of halogens is 1. The first kappa shape index (κ1) is 21.9. The van der Waals surface area contributed by atoms with Crippen molar-refractivity contribution >= 4 is 73.6 Å². The van der Waals surface area contributed by atoms with E-state index in [-0.39, 0.29) is 18.2 Å². The van der Waals surface area contributed by atoms with Crippen molar-refractivity contribution in [3.63, 3.8) is 0 Å². The van der Waals surface area contributed by atoms with Crippen LogP contribution in [0, 0.1) is 10.1 Å². The number of hydrogen-bond donors (Lipinski definition) is 0. The van der Waals surface area contributed by atoms with Gasteiger partial charge < -0.3 is 9.47 Å². The van der Waals surface area contributed by atoms with E-state index in [1.807, 2.05) is 0 Å². The first-order valence-corrected chi connectivity index (χ1v) is 10.3. The number of nitro groups is 1. The summed E-state index contributed by atoms with van der Waals surface area (Å²) >= 11 is 9.82. The number of carbonyl (C=O) groups is 2. The molecule has 0 spiro atoms. The molecule has 1 saturated heterocycles. The lowest BCUT2D eigenvalue weighted by Crippen LogP contribution is -2.27. The highest BCUT2D eigenvalue weighted by Gasteiger charge is 2.33. The van der Waals surface area contributed by atoms with Crippen LogP contribution in [-0.4, -0.2) is 34.8 Å². The minimum Gasteiger partial charge on any atom is -0.481 e. The third-order valence-electron chi connectivity index (χ3n) is 3.94. The summed E-state index contributed by atoms with van der Waals surface area (Å²) in [5.41, 5.74) is 1.11. The standard InChI is InChI=1S/C19H13BrN2O6S2/c1-27-17(23)10-28-15-7-2-11(8-14(15)20)9-16-18(24)21(19(29)30-16)12-3-5-13(6-4-12)22(25)26/h2-9H,10H2,1H3/b16-9-. The lowest BCUT2D eigenvalue weighted by atomic mass is 10.2. The van der Waals surface area contributed by atoms with Gasteiger partial charge in [0.25, 0.3) is 11.6 Å². The highest BCUT2D eigenvalue weighted by Crippen LogP contribution is 2.37. The van der Waals surface area contributed by atoms with Crippen molar-refractivity contribution in [2.24, 2.45) is 0 Å². The molecule has 0 aliphatic carbocycles. The van der Waals surface area contributed by atoms with Crippen LogP contribution in [0.5, 0.6) is 5.75 Å². The van der Waals surface area contributed by atoms with E-state index in [1.165, 1.54) is 36.3 Å². The van der Waals surface area contributed by atoms with Gasteiger partial charge in [-0.1, -0.05) is 30.0 Å². The van der Waals surface area contributed by atoms with Gasteiger partial charge in [-0.25, -0.2) is 4.79 Å². The Bertz CT molecular complexity index is 1070. The van der Waals surface area contributed by atoms with Crippen molar-refractivity contribution in [2.75, 3.05) is 18.6 Å². The average Bonchev–Trinajstić information content (AvgIpc) is 3.00. The molecule has 1 amide bonds. The Morgan fingerprint density at radius 1 is 1.30 bits per heavy atom. The molecule has 1 aliphatic rings. The van der Waals surface area contributed by atoms with Crippen LogP contribution in [0.2, 0.25) is 0 Å². The van der Waals surface area contributed by atoms with Gasteiger partial charge in [0.1, 0.15) is 5.75 Å². The number of hydrogen-bond acceptors (Lipinski definition) is 8. The molecule has 30 heavy (non-hydrogen) atoms. The average molecular weight is 509 g/mol. The molecule has 0 aromatic heterocycles. The fraction of sp³-hybridized carbons (Fsp3) is 0.105. The molecule has 154 valence electrons. The second kappa shape index (κ2) is 9.37. The molecule has 2 aromatic carbocycles. The van der Waals surface area contributed by atoms with Gasteiger partial charge in [-0.3, -0.25) is 19.8 Å². The lowest BCUT2D eigenvalue weighted by Gasteiger charge is -2.14. The predicted octanol–water partition coefficient (Wildman–Crippen LogP) is 4.31. The van der Waals surface area contributed by atoms with Crippen LogP contribution >= 0.6 is 39.9 Å². The Morgan fingerprint density at radius 3 is 2.60 bits per heavy atom. The molecule has 3 rings (SSSR count). The summed E-state index contributed by atoms with van der Waals surface area (Å²) in [4.78, 5) is 36.1. The van der Waals surface area contributed by atoms with Crippen LogP contribution in [0.3, 0.4) is 0 Å². The molecular weight excluding hydrogens is 496 g/mol. The zero-order valence-electron chi connectivity index (χ0n) is 15.4. The molecule has 0 unspecified atom stereocenters. The number of thioether (sulfide) groups is 1. The van der Waals surface area contributed by atoms with Crippen molar-refractivity contribution < 1.29 is 24.0 Å². The van der Waals surface area contributed by atoms with Gasteiger partial charge in [-0.15, -0.1) is 0 Å². The molecule has 0 bridgehead atoms. The van der Waals surface area contributed by atoms with Crippen molar-refractivity contribution in [3.8, 4) is 5.75 Å². The van der Waals surface area contributed by atoms with Gasteiger partial charge in [-0.05, 0) is 51.8 Å². The van der Waals surface area contributed by atoms with Crippen molar-refractivity contribution in [3.05, 3.63) is 67.5 Å². The Hall–Kier alpha value is -2.76. The Morgan fingerprint density at radius 2 is 2.00 bits per heavy atom. The third kappa shape index (κ3) is 4.86. The molecule has 8 nitrogen and oxygen atoms in total. The summed E-state index contributed by atoms with van der Waals surface area (Å²) in [6.45, 7) is -0.220. The van der Waals surface area contributed by atoms with E-state index >= 15 is 0 Å². The van der Waals surface area contributed by atoms with E-state index < -0.39 is 10.9 Å². The topological polar surface area (TPSA) is 99.0 Å². The number of methoxy groups -OCH3 is 1. The summed E-state index contributed by atoms with van der Waals surface area (Å²) in [5.74, 6) is -0.363. The van der Waals surface area contributed by atoms with Crippen LogP contribution < -0.4 is 9.64 Å². The number of anilines is 1. The van der Waals surface area contributed by atoms with Gasteiger partial charge in [0, 0.05) is 12.1 Å². The molecule has 0 N–H and O–H groups in total. The summed E-state index contributed by atoms with van der Waals surface area (Å²) in [6, 6.07) is 10.7. The van der Waals surface area contributed by atoms with Crippen LogP contribution in [-0.2, 0) is 14.3 Å². The number of nitro benzene ring substituents is 1. The van der Waals surface area contributed by atoms with Crippen molar-refractivity contribution in [1.29, 1.82) is 0 Å². The maximum atomic E-state index is 12.8. The zero-order valence-corrected chi connectivity index (χ0v) is 18.6. The van der Waals surface area contributed by atoms with Crippen molar-refractivity contribution in [1.82, 2.24) is 0 Å². The van der Waals surface area contributed by atoms with E-state index in [0.29, 0.717) is 25.1 Å². The van der Waals surface area contributed by atoms with Gasteiger partial charge in [-0.2, -0.15) is 0 Å². The first-order valence-electron chi connectivity index (χ1n) is 8.31. The second-order valence-electron chi connectivity index (χ2n) is 5.85. The van der Waals surface area contributed by atoms with Gasteiger partial charge in [0.2, 0.25) is 0 Å². The number of carbonyl (C=O) groups excluding carboxylic acids is 2. The van der Waals surface area contributed by atoms with Crippen LogP contribution in [0.15, 0.2) is 51.8 Å². The summed E-state index contributed by atoms with van der Waals surface area (Å²) in [5, 5.41) is 10.8. The third-order valence-corrected chi connectivity index (χ3v) is 5.86. The molecule has 0 radical (unpaired) electrons. The quantitative estimate of drug-likeness (QED) is 0.187. The number of rotatable bonds is 6. The monoisotopic (exact) mass is 508 g/mol. The Balaban J connectivity index is 1.79. The highest BCUT2D eigenvalue weighted by atomic mass is 79.9. The molecule has 0 saturated carbocycles. The Labute approximate surface area is 189 Å². The van der Waals surface area contributed by atoms with E-state index in [1.54, 1.807) is 24.3 Å². The van der Waals surface area contributed by atoms with Crippen LogP contribution in [0.25, 0.3) is 6.08 Å². The number of esters is 1. The fourth-order valence-electron chi connectivity index (χ4n) is 2.48. The maximum Gasteiger partial charge on any atom is 0.343 e. The number of nitrogens with zero attached hydrogens (tertiary/aromatic N) is 2. The normalized spacial score (nSPS) is 14.9. The Kier molecular flexibility index (Phi) is 6.85. The van der Waals surface area contributed by atoms with E-state index in [9.17, 15) is 19.7 Å². The van der Waals surface area contributed by atoms with E-state index in [4.69, 9.17) is 17.0 Å². The number of thiocarbonyl (C=S) groups is 1. The predicted molar refractivity (Wildman–Crippen MR) is 120 cm³/mol. The lowest BCUT2D eigenvalue weighted by molar-refractivity contribution is -0.384. The summed E-state index contributed by atoms with van der Waals surface area (Å²) < 4.78 is 10.8. The van der Waals surface area contributed by atoms with E-state index in [0.717, 1.165) is 17.3 Å². The zero-order chi connectivity index (χ0) is 21.8. The number of amides is 1. The summed E-state index contributed by atoms with van der Waals surface area (Å²) in [6.07, 6.45) is 1.68. The largest absolute Gasteiger partial charge is 0.481 e. The van der Waals surface area contributed by atoms with Crippen molar-refractivity contribution in [2.45, 2.75) is 0 Å². The minimum atomic E-state index is -0.510. The number of non-ortho nitro benzene ring substituents is 1. The van der Waals surface area contributed by atoms with Crippen LogP contribution in [0.4, 0.5) is 11.4 Å². The molecular formula is C19H13BrN2O6S2. The molecule has 1 aliphatic heterocycles. The molecule has 0 atom stereocenters. The van der Waals surface area contributed by atoms with E-state index in [2.05, 4.69) is 20.7 Å². The highest BCUT2D eigenvalue weighted by molar-refractivity contribution is 9.10. The molecule has 1 heterocycles. The SMILES string of the molecule is COC(=O)COc1ccc(/C=C2\SC(=S)N(c3ccc([N+](=O)[O-])cc3)C2=O)cc1Br. The molecule has 2 aromatic rings. The number of benzene rings is 2. The molecule has 11 heteroatoms. The first-order chi connectivity index (χ1) is 14.3. The van der Waals surface area contributed by atoms with Gasteiger partial charge in [0.05, 0.1) is 27.1 Å². The smallest absolute Gasteiger partial charge is 0.343 e. The minimum absolute atomic E-state index is 0.0703. The maximum absolute atomic E-state index is 12.8. The fourth-order valence-corrected chi connectivity index (χ4v) is 4.29. The second-order valence-corrected chi connectivity index (χ2v) is 8.38. The van der Waals surface area contributed by atoms with Gasteiger partial charge >= 0.3 is 5.97 Å². The van der Waals surface area contributed by atoms with Gasteiger partial charge in [0.15, 0.2) is 10.9 Å². The summed E-state index contributed by atoms with van der Waals surface area (Å²) in [7, 11) is 1.27. The molecule has 1 fully saturated rings. The number of ether oxygens (including phenoxy) is 2. The van der Waals surface area contributed by atoms with Crippen LogP contribution in [0.1, 0.15) is 5.56 Å².